The summed E-state index contributed by atoms with van der Waals surface area (Å²) in [5.74, 6) is 0.0404. The number of likely N-dealkylation sites (N-methyl/N-ethyl adjacent to an activating group) is 1. The quantitative estimate of drug-likeness (QED) is 0.885. The highest BCUT2D eigenvalue weighted by molar-refractivity contribution is 5.84. The number of hydrogen-bond acceptors (Lipinski definition) is 3. The van der Waals surface area contributed by atoms with Crippen molar-refractivity contribution in [2.24, 2.45) is 0 Å². The van der Waals surface area contributed by atoms with E-state index in [0.717, 1.165) is 22.1 Å². The van der Waals surface area contributed by atoms with Crippen molar-refractivity contribution in [2.45, 2.75) is 19.9 Å². The minimum absolute atomic E-state index is 0.0539. The monoisotopic (exact) mass is 287 g/mol. The molecule has 2 aromatic rings. The van der Waals surface area contributed by atoms with Crippen LogP contribution in [0.1, 0.15) is 25.5 Å². The maximum absolute atomic E-state index is 10.9. The first-order chi connectivity index (χ1) is 10.0. The number of fused-ring (bicyclic) bond motifs is 1. The van der Waals surface area contributed by atoms with Crippen molar-refractivity contribution in [2.75, 3.05) is 20.2 Å². The van der Waals surface area contributed by atoms with Crippen molar-refractivity contribution in [3.63, 3.8) is 0 Å². The second-order valence-corrected chi connectivity index (χ2v) is 5.11. The molecule has 0 radical (unpaired) electrons. The van der Waals surface area contributed by atoms with Crippen LogP contribution in [0.4, 0.5) is 0 Å². The molecule has 0 saturated carbocycles. The van der Waals surface area contributed by atoms with Gasteiger partial charge in [-0.25, -0.2) is 0 Å². The Morgan fingerprint density at radius 3 is 2.52 bits per heavy atom. The fourth-order valence-electron chi connectivity index (χ4n) is 2.54. The predicted molar refractivity (Wildman–Crippen MR) is 83.8 cm³/mol. The van der Waals surface area contributed by atoms with E-state index in [1.54, 1.807) is 7.11 Å². The van der Waals surface area contributed by atoms with Gasteiger partial charge in [-0.15, -0.1) is 0 Å². The van der Waals surface area contributed by atoms with E-state index in [9.17, 15) is 4.79 Å². The van der Waals surface area contributed by atoms with Gasteiger partial charge in [0.15, 0.2) is 0 Å². The van der Waals surface area contributed by atoms with E-state index in [0.29, 0.717) is 6.54 Å². The van der Waals surface area contributed by atoms with Gasteiger partial charge in [0.25, 0.3) is 0 Å². The molecular formula is C17H21NO3. The number of hydrogen-bond donors (Lipinski definition) is 1. The van der Waals surface area contributed by atoms with Crippen LogP contribution in [-0.2, 0) is 4.79 Å². The number of nitrogens with zero attached hydrogens (tertiary/aromatic N) is 1. The number of ether oxygens (including phenoxy) is 1. The summed E-state index contributed by atoms with van der Waals surface area (Å²) in [4.78, 5) is 12.9. The Hall–Kier alpha value is -2.07. The predicted octanol–water partition coefficient (Wildman–Crippen LogP) is 3.32. The van der Waals surface area contributed by atoms with Crippen molar-refractivity contribution < 1.29 is 14.6 Å². The van der Waals surface area contributed by atoms with Crippen LogP contribution in [0.25, 0.3) is 10.8 Å². The van der Waals surface area contributed by atoms with Crippen molar-refractivity contribution >= 4 is 16.7 Å². The molecule has 0 bridgehead atoms. The number of carboxylic acids is 1. The minimum atomic E-state index is -0.797. The molecule has 0 heterocycles. The summed E-state index contributed by atoms with van der Waals surface area (Å²) in [6.45, 7) is 4.77. The molecule has 0 fully saturated rings. The van der Waals surface area contributed by atoms with Gasteiger partial charge in [0, 0.05) is 6.04 Å². The lowest BCUT2D eigenvalue weighted by molar-refractivity contribution is -0.138. The van der Waals surface area contributed by atoms with Crippen LogP contribution in [0.3, 0.4) is 0 Å². The maximum Gasteiger partial charge on any atom is 0.317 e. The number of benzene rings is 2. The van der Waals surface area contributed by atoms with Gasteiger partial charge in [-0.2, -0.15) is 0 Å². The highest BCUT2D eigenvalue weighted by Gasteiger charge is 2.17. The summed E-state index contributed by atoms with van der Waals surface area (Å²) in [6.07, 6.45) is 0. The average Bonchev–Trinajstić information content (AvgIpc) is 2.50. The van der Waals surface area contributed by atoms with Crippen LogP contribution in [0.15, 0.2) is 36.4 Å². The number of carboxylic acid groups (broad SMARTS) is 1. The van der Waals surface area contributed by atoms with E-state index in [-0.39, 0.29) is 12.6 Å². The summed E-state index contributed by atoms with van der Waals surface area (Å²) in [5.41, 5.74) is 1.12. The molecule has 0 spiro atoms. The molecule has 0 aromatic heterocycles. The van der Waals surface area contributed by atoms with Crippen LogP contribution >= 0.6 is 0 Å². The van der Waals surface area contributed by atoms with Crippen molar-refractivity contribution in [1.29, 1.82) is 0 Å². The lowest BCUT2D eigenvalue weighted by Gasteiger charge is -2.26. The molecule has 1 unspecified atom stereocenters. The summed E-state index contributed by atoms with van der Waals surface area (Å²) >= 11 is 0. The molecule has 112 valence electrons. The molecule has 2 rings (SSSR count). The van der Waals surface area contributed by atoms with Gasteiger partial charge in [0.2, 0.25) is 0 Å². The lowest BCUT2D eigenvalue weighted by atomic mass is 10.0. The molecule has 0 aliphatic carbocycles. The molecule has 0 amide bonds. The molecule has 0 saturated heterocycles. The number of rotatable bonds is 6. The van der Waals surface area contributed by atoms with Crippen molar-refractivity contribution in [3.8, 4) is 5.75 Å². The zero-order valence-electron chi connectivity index (χ0n) is 12.7. The SMILES string of the molecule is CCN(CC(=O)O)C(C)c1ccc2cc(OC)ccc2c1. The molecule has 1 atom stereocenters. The summed E-state index contributed by atoms with van der Waals surface area (Å²) in [7, 11) is 1.66. The zero-order chi connectivity index (χ0) is 15.4. The summed E-state index contributed by atoms with van der Waals surface area (Å²) in [5, 5.41) is 11.2. The molecule has 2 aromatic carbocycles. The van der Waals surface area contributed by atoms with E-state index in [4.69, 9.17) is 9.84 Å². The number of methoxy groups -OCH3 is 1. The molecule has 0 aliphatic heterocycles. The van der Waals surface area contributed by atoms with Gasteiger partial charge in [-0.3, -0.25) is 9.69 Å². The normalized spacial score (nSPS) is 12.6. The van der Waals surface area contributed by atoms with Gasteiger partial charge in [0.05, 0.1) is 13.7 Å². The van der Waals surface area contributed by atoms with E-state index in [1.807, 2.05) is 36.9 Å². The van der Waals surface area contributed by atoms with Crippen molar-refractivity contribution in [1.82, 2.24) is 4.90 Å². The van der Waals surface area contributed by atoms with Crippen LogP contribution in [0, 0.1) is 0 Å². The first kappa shape index (κ1) is 15.3. The Kier molecular flexibility index (Phi) is 4.81. The standard InChI is InChI=1S/C17H21NO3/c1-4-18(11-17(19)20)12(2)13-5-6-15-10-16(21-3)8-7-14(15)9-13/h5-10,12H,4,11H2,1-3H3,(H,19,20). The Labute approximate surface area is 124 Å². The van der Waals surface area contributed by atoms with Crippen molar-refractivity contribution in [3.05, 3.63) is 42.0 Å². The molecule has 0 aliphatic rings. The summed E-state index contributed by atoms with van der Waals surface area (Å²) < 4.78 is 5.23. The minimum Gasteiger partial charge on any atom is -0.497 e. The van der Waals surface area contributed by atoms with Gasteiger partial charge < -0.3 is 9.84 Å². The summed E-state index contributed by atoms with van der Waals surface area (Å²) in [6, 6.07) is 12.2. The molecule has 4 nitrogen and oxygen atoms in total. The largest absolute Gasteiger partial charge is 0.497 e. The van der Waals surface area contributed by atoms with Gasteiger partial charge in [0.1, 0.15) is 5.75 Å². The van der Waals surface area contributed by atoms with Gasteiger partial charge in [-0.05, 0) is 48.0 Å². The average molecular weight is 287 g/mol. The smallest absolute Gasteiger partial charge is 0.317 e. The van der Waals surface area contributed by atoms with E-state index in [1.165, 1.54) is 0 Å². The van der Waals surface area contributed by atoms with E-state index in [2.05, 4.69) is 18.2 Å². The van der Waals surface area contributed by atoms with Gasteiger partial charge in [-0.1, -0.05) is 25.1 Å². The van der Waals surface area contributed by atoms with Crippen LogP contribution < -0.4 is 4.74 Å². The molecule has 4 heteroatoms. The highest BCUT2D eigenvalue weighted by atomic mass is 16.5. The first-order valence-corrected chi connectivity index (χ1v) is 7.08. The van der Waals surface area contributed by atoms with Crippen LogP contribution in [0.5, 0.6) is 5.75 Å². The van der Waals surface area contributed by atoms with Crippen LogP contribution in [-0.4, -0.2) is 36.2 Å². The Balaban J connectivity index is 2.31. The van der Waals surface area contributed by atoms with E-state index >= 15 is 0 Å². The fourth-order valence-corrected chi connectivity index (χ4v) is 2.54. The van der Waals surface area contributed by atoms with E-state index < -0.39 is 5.97 Å². The van der Waals surface area contributed by atoms with Crippen LogP contribution in [0.2, 0.25) is 0 Å². The third-order valence-corrected chi connectivity index (χ3v) is 3.85. The Bertz CT molecular complexity index is 639. The lowest BCUT2D eigenvalue weighted by Crippen LogP contribution is -2.32. The molecular weight excluding hydrogens is 266 g/mol. The molecule has 1 N–H and O–H groups in total. The second-order valence-electron chi connectivity index (χ2n) is 5.11. The number of carbonyl (C=O) groups is 1. The topological polar surface area (TPSA) is 49.8 Å². The maximum atomic E-state index is 10.9. The molecule has 21 heavy (non-hydrogen) atoms. The zero-order valence-corrected chi connectivity index (χ0v) is 12.7. The third-order valence-electron chi connectivity index (χ3n) is 3.85. The highest BCUT2D eigenvalue weighted by Crippen LogP contribution is 2.26. The number of aliphatic carboxylic acids is 1. The second kappa shape index (κ2) is 6.59. The Morgan fingerprint density at radius 1 is 1.24 bits per heavy atom. The van der Waals surface area contributed by atoms with Gasteiger partial charge >= 0.3 is 5.97 Å². The third kappa shape index (κ3) is 3.52. The first-order valence-electron chi connectivity index (χ1n) is 7.08. The fraction of sp³-hybridized carbons (Fsp3) is 0.353. The Morgan fingerprint density at radius 2 is 1.90 bits per heavy atom.